The van der Waals surface area contributed by atoms with Crippen LogP contribution < -0.4 is 0 Å². The van der Waals surface area contributed by atoms with Gasteiger partial charge in [0.05, 0.1) is 4.92 Å². The van der Waals surface area contributed by atoms with Crippen molar-refractivity contribution in [1.29, 1.82) is 0 Å². The largest absolute Gasteiger partial charge is 0.481 e. The summed E-state index contributed by atoms with van der Waals surface area (Å²) in [5.41, 5.74) is -5.28. The summed E-state index contributed by atoms with van der Waals surface area (Å²) in [6, 6.07) is 2.57. The molecule has 9 nitrogen and oxygen atoms in total. The van der Waals surface area contributed by atoms with Crippen molar-refractivity contribution < 1.29 is 33.9 Å². The van der Waals surface area contributed by atoms with Gasteiger partial charge >= 0.3 is 17.6 Å². The van der Waals surface area contributed by atoms with E-state index in [0.717, 1.165) is 17.0 Å². The molecule has 2 N–H and O–H groups in total. The van der Waals surface area contributed by atoms with Crippen molar-refractivity contribution in [2.75, 3.05) is 0 Å². The van der Waals surface area contributed by atoms with E-state index in [4.69, 9.17) is 0 Å². The number of carbonyl (C=O) groups is 3. The highest BCUT2D eigenvalue weighted by molar-refractivity contribution is 5.99. The highest BCUT2D eigenvalue weighted by atomic mass is 19.1. The summed E-state index contributed by atoms with van der Waals surface area (Å²) < 4.78 is 14.2. The summed E-state index contributed by atoms with van der Waals surface area (Å²) in [5.74, 6) is -4.74. The predicted molar refractivity (Wildman–Crippen MR) is 106 cm³/mol. The Hall–Kier alpha value is -3.04. The average molecular weight is 426 g/mol. The molecule has 166 valence electrons. The lowest BCUT2D eigenvalue weighted by molar-refractivity contribution is -0.387. The second-order valence-electron chi connectivity index (χ2n) is 9.04. The number of hydrogen-bond donors (Lipinski definition) is 2. The number of benzene rings is 1. The second-order valence-corrected chi connectivity index (χ2v) is 9.04. The van der Waals surface area contributed by atoms with Gasteiger partial charge in [0.2, 0.25) is 5.82 Å². The molecule has 0 aliphatic carbocycles. The first kappa shape index (κ1) is 25.0. The fraction of sp³-hybridized carbons (Fsp3) is 0.550. The Bertz CT molecular complexity index is 871. The number of aliphatic carboxylic acids is 2. The van der Waals surface area contributed by atoms with E-state index in [-0.39, 0.29) is 12.0 Å². The third-order valence-corrected chi connectivity index (χ3v) is 4.94. The van der Waals surface area contributed by atoms with Gasteiger partial charge in [-0.1, -0.05) is 20.8 Å². The summed E-state index contributed by atoms with van der Waals surface area (Å²) in [4.78, 5) is 48.2. The molecule has 0 bridgehead atoms. The Morgan fingerprint density at radius 2 is 1.63 bits per heavy atom. The van der Waals surface area contributed by atoms with E-state index < -0.39 is 57.2 Å². The summed E-state index contributed by atoms with van der Waals surface area (Å²) in [7, 11) is 0. The van der Waals surface area contributed by atoms with Crippen LogP contribution in [0.1, 0.15) is 64.7 Å². The molecular weight excluding hydrogens is 399 g/mol. The van der Waals surface area contributed by atoms with Gasteiger partial charge in [0.1, 0.15) is 5.54 Å². The lowest BCUT2D eigenvalue weighted by Crippen LogP contribution is -2.69. The van der Waals surface area contributed by atoms with Crippen molar-refractivity contribution in [3.8, 4) is 0 Å². The molecule has 1 aromatic rings. The predicted octanol–water partition coefficient (Wildman–Crippen LogP) is 3.71. The topological polar surface area (TPSA) is 138 Å². The second kappa shape index (κ2) is 8.37. The minimum atomic E-state index is -1.96. The number of carboxylic acid groups (broad SMARTS) is 2. The van der Waals surface area contributed by atoms with Crippen LogP contribution in [0.4, 0.5) is 10.1 Å². The molecular formula is C20H27FN2O7. The molecule has 0 fully saturated rings. The third kappa shape index (κ3) is 4.74. The van der Waals surface area contributed by atoms with E-state index in [1.54, 1.807) is 41.5 Å². The maximum absolute atomic E-state index is 14.2. The number of nitrogens with zero attached hydrogens (tertiary/aromatic N) is 2. The summed E-state index contributed by atoms with van der Waals surface area (Å²) >= 11 is 0. The van der Waals surface area contributed by atoms with E-state index in [2.05, 4.69) is 0 Å². The van der Waals surface area contributed by atoms with Gasteiger partial charge in [0.25, 0.3) is 5.91 Å². The lowest BCUT2D eigenvalue weighted by Gasteiger charge is -2.54. The zero-order valence-electron chi connectivity index (χ0n) is 17.9. The van der Waals surface area contributed by atoms with Crippen molar-refractivity contribution in [3.05, 3.63) is 39.7 Å². The fourth-order valence-corrected chi connectivity index (χ4v) is 3.60. The van der Waals surface area contributed by atoms with Gasteiger partial charge in [-0.05, 0) is 44.7 Å². The van der Waals surface area contributed by atoms with E-state index in [1.807, 2.05) is 0 Å². The Kier molecular flexibility index (Phi) is 6.97. The van der Waals surface area contributed by atoms with Crippen LogP contribution in [-0.4, -0.2) is 49.0 Å². The molecule has 1 atom stereocenters. The number of nitro groups is 1. The highest BCUT2D eigenvalue weighted by Crippen LogP contribution is 2.44. The minimum absolute atomic E-state index is 0.279. The van der Waals surface area contributed by atoms with Gasteiger partial charge in [-0.2, -0.15) is 4.39 Å². The van der Waals surface area contributed by atoms with E-state index in [1.165, 1.54) is 0 Å². The van der Waals surface area contributed by atoms with Crippen LogP contribution >= 0.6 is 0 Å². The minimum Gasteiger partial charge on any atom is -0.481 e. The molecule has 0 saturated heterocycles. The number of carbonyl (C=O) groups excluding carboxylic acids is 1. The maximum atomic E-state index is 14.2. The van der Waals surface area contributed by atoms with Crippen molar-refractivity contribution in [2.45, 2.75) is 65.5 Å². The summed E-state index contributed by atoms with van der Waals surface area (Å²) in [5, 5.41) is 30.3. The normalized spacial score (nSPS) is 14.0. The maximum Gasteiger partial charge on any atom is 0.330 e. The van der Waals surface area contributed by atoms with Gasteiger partial charge in [-0.15, -0.1) is 0 Å². The van der Waals surface area contributed by atoms with Crippen LogP contribution in [0, 0.1) is 21.3 Å². The number of halogens is 1. The Morgan fingerprint density at radius 3 is 1.97 bits per heavy atom. The van der Waals surface area contributed by atoms with Crippen LogP contribution in [0.25, 0.3) is 0 Å². The molecule has 0 aliphatic heterocycles. The summed E-state index contributed by atoms with van der Waals surface area (Å²) in [6.07, 6.45) is -0.905. The quantitative estimate of drug-likeness (QED) is 0.500. The third-order valence-electron chi connectivity index (χ3n) is 4.94. The van der Waals surface area contributed by atoms with Gasteiger partial charge in [0.15, 0.2) is 0 Å². The molecule has 0 spiro atoms. The molecule has 0 aromatic heterocycles. The van der Waals surface area contributed by atoms with Crippen LogP contribution in [0.2, 0.25) is 0 Å². The van der Waals surface area contributed by atoms with Crippen molar-refractivity contribution >= 4 is 23.5 Å². The van der Waals surface area contributed by atoms with Crippen LogP contribution in [-0.2, 0) is 9.59 Å². The molecule has 1 aromatic carbocycles. The Labute approximate surface area is 173 Å². The fourth-order valence-electron chi connectivity index (χ4n) is 3.60. The number of nitro benzene ring substituents is 1. The number of amides is 1. The number of hydrogen-bond acceptors (Lipinski definition) is 5. The van der Waals surface area contributed by atoms with Gasteiger partial charge in [-0.3, -0.25) is 19.7 Å². The monoisotopic (exact) mass is 426 g/mol. The number of rotatable bonds is 7. The molecule has 0 aliphatic rings. The van der Waals surface area contributed by atoms with Crippen molar-refractivity contribution in [1.82, 2.24) is 4.90 Å². The smallest absolute Gasteiger partial charge is 0.330 e. The van der Waals surface area contributed by atoms with E-state index in [9.17, 15) is 39.1 Å². The van der Waals surface area contributed by atoms with Crippen molar-refractivity contribution in [2.24, 2.45) is 5.41 Å². The van der Waals surface area contributed by atoms with Crippen LogP contribution in [0.3, 0.4) is 0 Å². The number of carboxylic acids is 2. The summed E-state index contributed by atoms with van der Waals surface area (Å²) in [6.45, 7) is 9.47. The molecule has 0 radical (unpaired) electrons. The Morgan fingerprint density at radius 1 is 1.10 bits per heavy atom. The van der Waals surface area contributed by atoms with E-state index in [0.29, 0.717) is 6.07 Å². The zero-order chi connectivity index (χ0) is 23.7. The standard InChI is InChI=1S/C20H27FN2O7/c1-18(2,3)20(17(27)28,10-9-15(24)25)22(19(4,5)6)16(26)12-7-8-14(23(29)30)13(21)11-12/h7-8,11H,9-10H2,1-6H3,(H,24,25)(H,27,28)/t20-/m0/s1. The van der Waals surface area contributed by atoms with Gasteiger partial charge < -0.3 is 15.1 Å². The molecule has 10 heteroatoms. The van der Waals surface area contributed by atoms with Gasteiger partial charge in [-0.25, -0.2) is 4.79 Å². The van der Waals surface area contributed by atoms with Crippen LogP contribution in [0.15, 0.2) is 18.2 Å². The molecule has 0 saturated carbocycles. The highest BCUT2D eigenvalue weighted by Gasteiger charge is 2.58. The van der Waals surface area contributed by atoms with Crippen LogP contribution in [0.5, 0.6) is 0 Å². The average Bonchev–Trinajstić information content (AvgIpc) is 2.54. The first-order valence-corrected chi connectivity index (χ1v) is 9.20. The molecule has 0 heterocycles. The molecule has 1 rings (SSSR count). The first-order valence-electron chi connectivity index (χ1n) is 9.20. The van der Waals surface area contributed by atoms with Gasteiger partial charge in [0, 0.05) is 23.6 Å². The molecule has 1 amide bonds. The lowest BCUT2D eigenvalue weighted by atomic mass is 9.67. The zero-order valence-corrected chi connectivity index (χ0v) is 17.9. The van der Waals surface area contributed by atoms with Crippen molar-refractivity contribution in [3.63, 3.8) is 0 Å². The molecule has 30 heavy (non-hydrogen) atoms. The molecule has 0 unspecified atom stereocenters. The SMILES string of the molecule is CC(C)(C)N(C(=O)c1ccc([N+](=O)[O-])c(F)c1)[C@@](CCC(=O)O)(C(=O)O)C(C)(C)C. The Balaban J connectivity index is 3.77. The van der Waals surface area contributed by atoms with E-state index >= 15 is 0 Å². The first-order chi connectivity index (χ1) is 13.5.